The Kier molecular flexibility index (Phi) is 9.15. The maximum Gasteiger partial charge on any atom is 0.191 e. The standard InChI is InChI=1S/C17H26N4.HI/c1-3-10-19-17(18-4-2)20-11-13-21-12-9-15-7-5-6-8-16(15)14-21;/h3,5-8H,1,4,9-14H2,2H3,(H2,18,19,20);1H. The molecule has 4 nitrogen and oxygen atoms in total. The third-order valence-electron chi connectivity index (χ3n) is 3.65. The molecule has 0 amide bonds. The first-order valence-electron chi connectivity index (χ1n) is 7.75. The lowest BCUT2D eigenvalue weighted by Gasteiger charge is -2.28. The topological polar surface area (TPSA) is 39.7 Å². The number of rotatable bonds is 6. The fourth-order valence-corrected chi connectivity index (χ4v) is 2.56. The molecule has 0 aromatic heterocycles. The lowest BCUT2D eigenvalue weighted by atomic mass is 10.0. The lowest BCUT2D eigenvalue weighted by molar-refractivity contribution is 0.261. The number of guanidine groups is 1. The summed E-state index contributed by atoms with van der Waals surface area (Å²) in [5, 5.41) is 6.47. The zero-order chi connectivity index (χ0) is 14.9. The monoisotopic (exact) mass is 414 g/mol. The van der Waals surface area contributed by atoms with Crippen molar-refractivity contribution in [1.82, 2.24) is 15.5 Å². The van der Waals surface area contributed by atoms with Gasteiger partial charge in [-0.25, -0.2) is 0 Å². The average molecular weight is 414 g/mol. The van der Waals surface area contributed by atoms with Crippen LogP contribution in [0.25, 0.3) is 0 Å². The van der Waals surface area contributed by atoms with Gasteiger partial charge < -0.3 is 10.6 Å². The van der Waals surface area contributed by atoms with Gasteiger partial charge >= 0.3 is 0 Å². The van der Waals surface area contributed by atoms with Crippen LogP contribution in [0.5, 0.6) is 0 Å². The van der Waals surface area contributed by atoms with Crippen LogP contribution < -0.4 is 10.6 Å². The summed E-state index contributed by atoms with van der Waals surface area (Å²) in [6, 6.07) is 8.74. The van der Waals surface area contributed by atoms with Crippen LogP contribution in [0.1, 0.15) is 18.1 Å². The number of hydrogen-bond acceptors (Lipinski definition) is 2. The Morgan fingerprint density at radius 1 is 1.32 bits per heavy atom. The molecule has 2 N–H and O–H groups in total. The first-order chi connectivity index (χ1) is 10.3. The van der Waals surface area contributed by atoms with Gasteiger partial charge in [-0.1, -0.05) is 30.3 Å². The lowest BCUT2D eigenvalue weighted by Crippen LogP contribution is -2.38. The van der Waals surface area contributed by atoms with Crippen LogP contribution in [0.4, 0.5) is 0 Å². The fourth-order valence-electron chi connectivity index (χ4n) is 2.56. The summed E-state index contributed by atoms with van der Waals surface area (Å²) >= 11 is 0. The van der Waals surface area contributed by atoms with Gasteiger partial charge in [0.15, 0.2) is 5.96 Å². The van der Waals surface area contributed by atoms with E-state index in [9.17, 15) is 0 Å². The number of nitrogens with zero attached hydrogens (tertiary/aromatic N) is 2. The quantitative estimate of drug-likeness (QED) is 0.325. The third kappa shape index (κ3) is 5.96. The minimum Gasteiger partial charge on any atom is -0.357 e. The minimum atomic E-state index is 0. The molecule has 5 heteroatoms. The van der Waals surface area contributed by atoms with Crippen LogP contribution in [0.2, 0.25) is 0 Å². The number of halogens is 1. The van der Waals surface area contributed by atoms with Gasteiger partial charge in [-0.3, -0.25) is 9.89 Å². The predicted molar refractivity (Wildman–Crippen MR) is 105 cm³/mol. The molecule has 1 aromatic rings. The summed E-state index contributed by atoms with van der Waals surface area (Å²) in [5.74, 6) is 0.870. The molecule has 0 fully saturated rings. The molecule has 0 atom stereocenters. The maximum absolute atomic E-state index is 4.61. The number of benzene rings is 1. The van der Waals surface area contributed by atoms with Crippen molar-refractivity contribution in [3.8, 4) is 0 Å². The molecule has 22 heavy (non-hydrogen) atoms. The van der Waals surface area contributed by atoms with Crippen LogP contribution in [-0.4, -0.2) is 43.6 Å². The zero-order valence-electron chi connectivity index (χ0n) is 13.3. The molecule has 0 unspecified atom stereocenters. The number of fused-ring (bicyclic) bond motifs is 1. The molecular weight excluding hydrogens is 387 g/mol. The SMILES string of the molecule is C=CCNC(=NCCN1CCc2ccccc2C1)NCC.I. The van der Waals surface area contributed by atoms with E-state index < -0.39 is 0 Å². The molecule has 0 radical (unpaired) electrons. The van der Waals surface area contributed by atoms with Gasteiger partial charge in [-0.05, 0) is 24.5 Å². The normalized spacial score (nSPS) is 14.7. The van der Waals surface area contributed by atoms with E-state index >= 15 is 0 Å². The van der Waals surface area contributed by atoms with E-state index in [4.69, 9.17) is 0 Å². The Hall–Kier alpha value is -1.08. The van der Waals surface area contributed by atoms with Crippen molar-refractivity contribution in [2.45, 2.75) is 19.9 Å². The second-order valence-corrected chi connectivity index (χ2v) is 5.23. The minimum absolute atomic E-state index is 0. The van der Waals surface area contributed by atoms with Crippen molar-refractivity contribution in [3.05, 3.63) is 48.0 Å². The Balaban J connectivity index is 0.00000242. The highest BCUT2D eigenvalue weighted by molar-refractivity contribution is 14.0. The van der Waals surface area contributed by atoms with Crippen LogP contribution in [0, 0.1) is 0 Å². The number of hydrogen-bond donors (Lipinski definition) is 2. The maximum atomic E-state index is 4.61. The highest BCUT2D eigenvalue weighted by Gasteiger charge is 2.14. The van der Waals surface area contributed by atoms with Crippen molar-refractivity contribution in [3.63, 3.8) is 0 Å². The zero-order valence-corrected chi connectivity index (χ0v) is 15.7. The highest BCUT2D eigenvalue weighted by Crippen LogP contribution is 2.17. The van der Waals surface area contributed by atoms with Gasteiger partial charge in [0.05, 0.1) is 6.54 Å². The van der Waals surface area contributed by atoms with Gasteiger partial charge in [0.25, 0.3) is 0 Å². The summed E-state index contributed by atoms with van der Waals surface area (Å²) in [6.07, 6.45) is 2.99. The largest absolute Gasteiger partial charge is 0.357 e. The molecular formula is C17H27IN4. The van der Waals surface area contributed by atoms with Gasteiger partial charge in [0, 0.05) is 32.7 Å². The molecule has 0 saturated carbocycles. The van der Waals surface area contributed by atoms with Gasteiger partial charge in [-0.15, -0.1) is 30.6 Å². The van der Waals surface area contributed by atoms with E-state index in [0.29, 0.717) is 0 Å². The summed E-state index contributed by atoms with van der Waals surface area (Å²) in [4.78, 5) is 7.08. The van der Waals surface area contributed by atoms with Crippen molar-refractivity contribution in [1.29, 1.82) is 0 Å². The molecule has 0 aliphatic carbocycles. The van der Waals surface area contributed by atoms with Crippen LogP contribution in [0.15, 0.2) is 41.9 Å². The first-order valence-corrected chi connectivity index (χ1v) is 7.75. The highest BCUT2D eigenvalue weighted by atomic mass is 127. The van der Waals surface area contributed by atoms with Gasteiger partial charge in [0.2, 0.25) is 0 Å². The molecule has 0 spiro atoms. The third-order valence-corrected chi connectivity index (χ3v) is 3.65. The number of aliphatic imine (C=N–C) groups is 1. The van der Waals surface area contributed by atoms with E-state index in [1.165, 1.54) is 11.1 Å². The van der Waals surface area contributed by atoms with Crippen molar-refractivity contribution in [2.24, 2.45) is 4.99 Å². The second kappa shape index (κ2) is 10.6. The Bertz CT molecular complexity index is 487. The van der Waals surface area contributed by atoms with Crippen LogP contribution in [-0.2, 0) is 13.0 Å². The van der Waals surface area contributed by atoms with Gasteiger partial charge in [0.1, 0.15) is 0 Å². The average Bonchev–Trinajstić information content (AvgIpc) is 2.52. The molecule has 1 aliphatic rings. The number of nitrogens with one attached hydrogen (secondary N) is 2. The van der Waals surface area contributed by atoms with Crippen molar-refractivity contribution in [2.75, 3.05) is 32.7 Å². The van der Waals surface area contributed by atoms with Crippen molar-refractivity contribution < 1.29 is 0 Å². The fraction of sp³-hybridized carbons (Fsp3) is 0.471. The van der Waals surface area contributed by atoms with Crippen molar-refractivity contribution >= 4 is 29.9 Å². The Morgan fingerprint density at radius 3 is 2.82 bits per heavy atom. The molecule has 1 heterocycles. The second-order valence-electron chi connectivity index (χ2n) is 5.23. The summed E-state index contributed by atoms with van der Waals surface area (Å²) < 4.78 is 0. The summed E-state index contributed by atoms with van der Waals surface area (Å²) in [5.41, 5.74) is 2.96. The summed E-state index contributed by atoms with van der Waals surface area (Å²) in [7, 11) is 0. The molecule has 1 aliphatic heterocycles. The molecule has 0 bridgehead atoms. The molecule has 1 aromatic carbocycles. The summed E-state index contributed by atoms with van der Waals surface area (Å²) in [6.45, 7) is 11.4. The van der Waals surface area contributed by atoms with E-state index in [1.807, 2.05) is 6.08 Å². The first kappa shape index (κ1) is 19.0. The predicted octanol–water partition coefficient (Wildman–Crippen LogP) is 2.40. The molecule has 0 saturated heterocycles. The molecule has 2 rings (SSSR count). The Morgan fingerprint density at radius 2 is 2.09 bits per heavy atom. The van der Waals surface area contributed by atoms with E-state index in [1.54, 1.807) is 0 Å². The Labute approximate surface area is 151 Å². The van der Waals surface area contributed by atoms with Crippen LogP contribution in [0.3, 0.4) is 0 Å². The molecule has 122 valence electrons. The van der Waals surface area contributed by atoms with E-state index in [-0.39, 0.29) is 24.0 Å². The van der Waals surface area contributed by atoms with Crippen LogP contribution >= 0.6 is 24.0 Å². The van der Waals surface area contributed by atoms with E-state index in [2.05, 4.69) is 58.3 Å². The smallest absolute Gasteiger partial charge is 0.191 e. The van der Waals surface area contributed by atoms with E-state index in [0.717, 1.165) is 51.6 Å². The van der Waals surface area contributed by atoms with Gasteiger partial charge in [-0.2, -0.15) is 0 Å².